The third-order valence-electron chi connectivity index (χ3n) is 1.63. The molecule has 2 heterocycles. The van der Waals surface area contributed by atoms with E-state index < -0.39 is 0 Å². The predicted octanol–water partition coefficient (Wildman–Crippen LogP) is 1.31. The van der Waals surface area contributed by atoms with Gasteiger partial charge in [0.05, 0.1) is 6.54 Å². The molecule has 2 rings (SSSR count). The van der Waals surface area contributed by atoms with E-state index in [1.165, 1.54) is 11.2 Å². The SMILES string of the molecule is Cl.Cl.O=C1OCCN1COc1ccon1. The van der Waals surface area contributed by atoms with Gasteiger partial charge in [-0.3, -0.25) is 4.90 Å². The number of nitrogens with zero attached hydrogens (tertiary/aromatic N) is 2. The van der Waals surface area contributed by atoms with E-state index >= 15 is 0 Å². The molecule has 1 aliphatic rings. The molecular formula is C7H10Cl2N2O4. The first kappa shape index (κ1) is 13.9. The molecule has 1 fully saturated rings. The Labute approximate surface area is 98.3 Å². The maximum atomic E-state index is 10.9. The van der Waals surface area contributed by atoms with Crippen LogP contribution in [-0.2, 0) is 4.74 Å². The van der Waals surface area contributed by atoms with Crippen molar-refractivity contribution in [3.8, 4) is 5.88 Å². The Morgan fingerprint density at radius 1 is 1.53 bits per heavy atom. The molecular weight excluding hydrogens is 247 g/mol. The first-order chi connectivity index (χ1) is 6.36. The number of halogens is 2. The lowest BCUT2D eigenvalue weighted by Gasteiger charge is -2.11. The maximum absolute atomic E-state index is 10.9. The molecule has 6 nitrogen and oxygen atoms in total. The van der Waals surface area contributed by atoms with Crippen LogP contribution in [0.4, 0.5) is 4.79 Å². The summed E-state index contributed by atoms with van der Waals surface area (Å²) < 4.78 is 14.4. The number of hydrogen-bond donors (Lipinski definition) is 0. The zero-order valence-corrected chi connectivity index (χ0v) is 9.25. The number of hydrogen-bond acceptors (Lipinski definition) is 5. The van der Waals surface area contributed by atoms with Crippen LogP contribution in [0.25, 0.3) is 0 Å². The maximum Gasteiger partial charge on any atom is 0.412 e. The minimum Gasteiger partial charge on any atom is -0.454 e. The van der Waals surface area contributed by atoms with Crippen molar-refractivity contribution in [3.63, 3.8) is 0 Å². The highest BCUT2D eigenvalue weighted by atomic mass is 35.5. The first-order valence-electron chi connectivity index (χ1n) is 3.81. The number of cyclic esters (lactones) is 1. The van der Waals surface area contributed by atoms with Crippen molar-refractivity contribution in [1.82, 2.24) is 10.1 Å². The number of carbonyl (C=O) groups excluding carboxylic acids is 1. The highest BCUT2D eigenvalue weighted by Gasteiger charge is 2.22. The molecule has 0 radical (unpaired) electrons. The van der Waals surface area contributed by atoms with Gasteiger partial charge in [0.1, 0.15) is 12.9 Å². The van der Waals surface area contributed by atoms with Gasteiger partial charge in [-0.1, -0.05) is 0 Å². The van der Waals surface area contributed by atoms with Crippen molar-refractivity contribution in [2.75, 3.05) is 19.9 Å². The van der Waals surface area contributed by atoms with E-state index in [1.54, 1.807) is 6.07 Å². The predicted molar refractivity (Wildman–Crippen MR) is 54.5 cm³/mol. The Hall–Kier alpha value is -1.14. The van der Waals surface area contributed by atoms with Crippen molar-refractivity contribution < 1.29 is 18.8 Å². The Morgan fingerprint density at radius 3 is 2.87 bits per heavy atom. The van der Waals surface area contributed by atoms with Crippen LogP contribution in [0, 0.1) is 0 Å². The standard InChI is InChI=1S/C7H8N2O4.2ClH/c10-7-9(2-4-11-7)5-12-6-1-3-13-8-6;;/h1,3H,2,4-5H2;2*1H. The summed E-state index contributed by atoms with van der Waals surface area (Å²) in [6, 6.07) is 1.57. The van der Waals surface area contributed by atoms with Gasteiger partial charge in [-0.2, -0.15) is 0 Å². The van der Waals surface area contributed by atoms with Crippen molar-refractivity contribution in [2.24, 2.45) is 0 Å². The van der Waals surface area contributed by atoms with Gasteiger partial charge in [-0.05, 0) is 5.16 Å². The lowest BCUT2D eigenvalue weighted by atomic mass is 10.6. The smallest absolute Gasteiger partial charge is 0.412 e. The number of amides is 1. The summed E-state index contributed by atoms with van der Waals surface area (Å²) >= 11 is 0. The molecule has 86 valence electrons. The Balaban J connectivity index is 0.000000980. The van der Waals surface area contributed by atoms with Crippen LogP contribution in [0.2, 0.25) is 0 Å². The van der Waals surface area contributed by atoms with Gasteiger partial charge >= 0.3 is 6.09 Å². The normalized spacial score (nSPS) is 13.9. The average molecular weight is 257 g/mol. The van der Waals surface area contributed by atoms with Crippen molar-refractivity contribution >= 4 is 30.9 Å². The second-order valence-corrected chi connectivity index (χ2v) is 2.49. The molecule has 0 aliphatic carbocycles. The summed E-state index contributed by atoms with van der Waals surface area (Å²) in [5.74, 6) is 0.361. The van der Waals surface area contributed by atoms with E-state index in [-0.39, 0.29) is 37.6 Å². The summed E-state index contributed by atoms with van der Waals surface area (Å²) in [5.41, 5.74) is 0. The van der Waals surface area contributed by atoms with Crippen LogP contribution in [0.1, 0.15) is 0 Å². The quantitative estimate of drug-likeness (QED) is 0.816. The summed E-state index contributed by atoms with van der Waals surface area (Å²) in [6.45, 7) is 1.11. The second-order valence-electron chi connectivity index (χ2n) is 2.49. The number of rotatable bonds is 3. The summed E-state index contributed by atoms with van der Waals surface area (Å²) in [7, 11) is 0. The fourth-order valence-electron chi connectivity index (χ4n) is 0.963. The zero-order valence-electron chi connectivity index (χ0n) is 7.62. The van der Waals surface area contributed by atoms with Gasteiger partial charge < -0.3 is 14.0 Å². The van der Waals surface area contributed by atoms with Gasteiger partial charge in [0.2, 0.25) is 0 Å². The molecule has 15 heavy (non-hydrogen) atoms. The monoisotopic (exact) mass is 256 g/mol. The Morgan fingerprint density at radius 2 is 2.33 bits per heavy atom. The molecule has 0 aromatic carbocycles. The Bertz CT molecular complexity index is 293. The fraction of sp³-hybridized carbons (Fsp3) is 0.429. The van der Waals surface area contributed by atoms with Crippen LogP contribution < -0.4 is 4.74 Å². The van der Waals surface area contributed by atoms with Gasteiger partial charge in [-0.25, -0.2) is 4.79 Å². The summed E-state index contributed by atoms with van der Waals surface area (Å²) in [6.07, 6.45) is 1.04. The van der Waals surface area contributed by atoms with Crippen molar-refractivity contribution in [2.45, 2.75) is 0 Å². The van der Waals surface area contributed by atoms with Crippen LogP contribution >= 0.6 is 24.8 Å². The van der Waals surface area contributed by atoms with E-state index in [4.69, 9.17) is 9.47 Å². The number of ether oxygens (including phenoxy) is 2. The number of aromatic nitrogens is 1. The van der Waals surface area contributed by atoms with Crippen LogP contribution in [0.3, 0.4) is 0 Å². The lowest BCUT2D eigenvalue weighted by Crippen LogP contribution is -2.28. The van der Waals surface area contributed by atoms with Crippen LogP contribution in [-0.4, -0.2) is 36.0 Å². The van der Waals surface area contributed by atoms with Gasteiger partial charge in [0.15, 0.2) is 6.73 Å². The molecule has 0 unspecified atom stereocenters. The number of carbonyl (C=O) groups is 1. The largest absolute Gasteiger partial charge is 0.454 e. The molecule has 0 atom stereocenters. The third-order valence-corrected chi connectivity index (χ3v) is 1.63. The molecule has 1 aromatic rings. The molecule has 1 aromatic heterocycles. The van der Waals surface area contributed by atoms with Crippen LogP contribution in [0.15, 0.2) is 16.9 Å². The van der Waals surface area contributed by atoms with Crippen molar-refractivity contribution in [1.29, 1.82) is 0 Å². The van der Waals surface area contributed by atoms with Gasteiger partial charge in [0.25, 0.3) is 5.88 Å². The minimum absolute atomic E-state index is 0. The molecule has 0 bridgehead atoms. The molecule has 1 saturated heterocycles. The van der Waals surface area contributed by atoms with Gasteiger partial charge in [-0.15, -0.1) is 24.8 Å². The summed E-state index contributed by atoms with van der Waals surface area (Å²) in [4.78, 5) is 12.4. The minimum atomic E-state index is -0.358. The highest BCUT2D eigenvalue weighted by Crippen LogP contribution is 2.07. The summed E-state index contributed by atoms with van der Waals surface area (Å²) in [5, 5.41) is 3.53. The van der Waals surface area contributed by atoms with Gasteiger partial charge in [0, 0.05) is 6.07 Å². The van der Waals surface area contributed by atoms with E-state index in [0.717, 1.165) is 0 Å². The topological polar surface area (TPSA) is 64.8 Å². The van der Waals surface area contributed by atoms with E-state index in [1.807, 2.05) is 0 Å². The van der Waals surface area contributed by atoms with Crippen molar-refractivity contribution in [3.05, 3.63) is 12.3 Å². The molecule has 1 aliphatic heterocycles. The highest BCUT2D eigenvalue weighted by molar-refractivity contribution is 5.85. The fourth-order valence-corrected chi connectivity index (χ4v) is 0.963. The molecule has 0 N–H and O–H groups in total. The third kappa shape index (κ3) is 3.49. The molecule has 1 amide bonds. The van der Waals surface area contributed by atoms with E-state index in [2.05, 4.69) is 9.68 Å². The molecule has 0 saturated carbocycles. The average Bonchev–Trinajstić information content (AvgIpc) is 2.72. The lowest BCUT2D eigenvalue weighted by molar-refractivity contribution is 0.124. The van der Waals surface area contributed by atoms with E-state index in [0.29, 0.717) is 19.0 Å². The second kappa shape index (κ2) is 6.36. The Kier molecular flexibility index (Phi) is 5.88. The molecule has 8 heteroatoms. The zero-order chi connectivity index (χ0) is 9.10. The van der Waals surface area contributed by atoms with E-state index in [9.17, 15) is 4.79 Å². The van der Waals surface area contributed by atoms with Crippen LogP contribution in [0.5, 0.6) is 5.88 Å². The first-order valence-corrected chi connectivity index (χ1v) is 3.81. The molecule has 0 spiro atoms.